The fourth-order valence-electron chi connectivity index (χ4n) is 0.825. The van der Waals surface area contributed by atoms with Gasteiger partial charge in [-0.3, -0.25) is 5.10 Å². The van der Waals surface area contributed by atoms with E-state index in [9.17, 15) is 0 Å². The summed E-state index contributed by atoms with van der Waals surface area (Å²) < 4.78 is 0. The van der Waals surface area contributed by atoms with Gasteiger partial charge in [-0.25, -0.2) is 0 Å². The third kappa shape index (κ3) is 1.73. The van der Waals surface area contributed by atoms with E-state index in [1.807, 2.05) is 12.1 Å². The van der Waals surface area contributed by atoms with Gasteiger partial charge in [-0.1, -0.05) is 12.1 Å². The summed E-state index contributed by atoms with van der Waals surface area (Å²) in [6.45, 7) is 0. The Bertz CT molecular complexity index is 409. The minimum atomic E-state index is 0.492. The molecule has 0 bridgehead atoms. The topological polar surface area (TPSA) is 80.2 Å². The smallest absolute Gasteiger partial charge is 0.198 e. The van der Waals surface area contributed by atoms with Gasteiger partial charge in [0, 0.05) is 6.20 Å². The zero-order valence-corrected chi connectivity index (χ0v) is 6.62. The molecule has 0 saturated heterocycles. The zero-order valence-electron chi connectivity index (χ0n) is 6.62. The highest BCUT2D eigenvalue weighted by atomic mass is 15.4. The van der Waals surface area contributed by atoms with Crippen molar-refractivity contribution in [3.63, 3.8) is 0 Å². The van der Waals surface area contributed by atoms with Gasteiger partial charge in [0.1, 0.15) is 5.52 Å². The summed E-state index contributed by atoms with van der Waals surface area (Å²) in [7, 11) is 0. The van der Waals surface area contributed by atoms with Crippen LogP contribution in [0.2, 0.25) is 0 Å². The first-order valence-electron chi connectivity index (χ1n) is 3.65. The molecule has 2 aromatic heterocycles. The number of nitrogens with zero attached hydrogens (tertiary/aromatic N) is 5. The Morgan fingerprint density at radius 2 is 1.92 bits per heavy atom. The van der Waals surface area contributed by atoms with Gasteiger partial charge >= 0.3 is 0 Å². The number of rotatable bonds is 0. The van der Waals surface area contributed by atoms with E-state index in [0.717, 1.165) is 0 Å². The van der Waals surface area contributed by atoms with E-state index in [4.69, 9.17) is 0 Å². The fraction of sp³-hybridized carbons (Fsp3) is 0. The SMILES string of the molecule is c1ccn[nH]c2nnnnc2cc1. The number of H-pyrrole nitrogens is 1. The van der Waals surface area contributed by atoms with Crippen molar-refractivity contribution >= 4 is 11.2 Å². The number of hydrogen-bond donors (Lipinski definition) is 1. The average molecular weight is 174 g/mol. The van der Waals surface area contributed by atoms with Crippen molar-refractivity contribution in [1.82, 2.24) is 30.8 Å². The second-order valence-electron chi connectivity index (χ2n) is 2.25. The van der Waals surface area contributed by atoms with Gasteiger partial charge in [0.2, 0.25) is 0 Å². The summed E-state index contributed by atoms with van der Waals surface area (Å²) in [5.41, 5.74) is 1.10. The summed E-state index contributed by atoms with van der Waals surface area (Å²) in [4.78, 5) is 0. The lowest BCUT2D eigenvalue weighted by Crippen LogP contribution is -1.92. The van der Waals surface area contributed by atoms with Crippen molar-refractivity contribution in [2.45, 2.75) is 0 Å². The monoisotopic (exact) mass is 174 g/mol. The first-order chi connectivity index (χ1) is 6.47. The van der Waals surface area contributed by atoms with Crippen molar-refractivity contribution < 1.29 is 0 Å². The Labute approximate surface area is 73.3 Å². The lowest BCUT2D eigenvalue weighted by atomic mass is 10.4. The summed E-state index contributed by atoms with van der Waals surface area (Å²) in [6.07, 6.45) is 1.61. The number of aromatic nitrogens is 6. The molecule has 13 heavy (non-hydrogen) atoms. The van der Waals surface area contributed by atoms with E-state index in [1.54, 1.807) is 18.3 Å². The lowest BCUT2D eigenvalue weighted by molar-refractivity contribution is 0.786. The maximum atomic E-state index is 3.86. The Balaban J connectivity index is 2.82. The first kappa shape index (κ1) is 7.53. The van der Waals surface area contributed by atoms with Crippen LogP contribution in [0.15, 0.2) is 30.5 Å². The molecular formula is C7H6N6. The lowest BCUT2D eigenvalue weighted by Gasteiger charge is -1.84. The van der Waals surface area contributed by atoms with Crippen molar-refractivity contribution in [3.8, 4) is 0 Å². The maximum absolute atomic E-state index is 3.86. The Morgan fingerprint density at radius 3 is 2.92 bits per heavy atom. The molecule has 6 nitrogen and oxygen atoms in total. The zero-order chi connectivity index (χ0) is 8.93. The van der Waals surface area contributed by atoms with E-state index >= 15 is 0 Å². The van der Waals surface area contributed by atoms with Crippen molar-refractivity contribution in [2.24, 2.45) is 0 Å². The summed E-state index contributed by atoms with van der Waals surface area (Å²) in [6, 6.07) is 7.22. The molecule has 0 aliphatic rings. The molecule has 64 valence electrons. The molecule has 0 aliphatic heterocycles. The third-order valence-electron chi connectivity index (χ3n) is 1.39. The summed E-state index contributed by atoms with van der Waals surface area (Å²) in [5.74, 6) is 0. The normalized spacial score (nSPS) is 9.54. The predicted octanol–water partition coefficient (Wildman–Crippen LogP) is 0.267. The molecule has 0 radical (unpaired) electrons. The van der Waals surface area contributed by atoms with Crippen LogP contribution in [0.1, 0.15) is 0 Å². The first-order valence-corrected chi connectivity index (χ1v) is 3.65. The van der Waals surface area contributed by atoms with Crippen LogP contribution in [0.4, 0.5) is 0 Å². The van der Waals surface area contributed by atoms with Gasteiger partial charge in [0.25, 0.3) is 0 Å². The fourth-order valence-corrected chi connectivity index (χ4v) is 0.825. The highest BCUT2D eigenvalue weighted by Gasteiger charge is 1.89. The van der Waals surface area contributed by atoms with E-state index in [0.29, 0.717) is 11.2 Å². The van der Waals surface area contributed by atoms with E-state index < -0.39 is 0 Å². The standard InChI is InChI=1S/C7H6N6/c1-2-4-6-7(10-8-5-3-1)11-13-12-9-6/h1-5H,(H,10,11,12). The molecule has 0 atom stereocenters. The number of fused-ring (bicyclic) bond motifs is 1. The highest BCUT2D eigenvalue weighted by molar-refractivity contribution is 5.65. The minimum absolute atomic E-state index is 0.492. The molecule has 0 spiro atoms. The van der Waals surface area contributed by atoms with Crippen LogP contribution in [-0.2, 0) is 0 Å². The Morgan fingerprint density at radius 1 is 1.00 bits per heavy atom. The van der Waals surface area contributed by atoms with Crippen molar-refractivity contribution in [2.75, 3.05) is 0 Å². The third-order valence-corrected chi connectivity index (χ3v) is 1.39. The van der Waals surface area contributed by atoms with Gasteiger partial charge in [-0.05, 0) is 22.6 Å². The molecule has 2 heterocycles. The Kier molecular flexibility index (Phi) is 2.04. The molecule has 0 aromatic carbocycles. The van der Waals surface area contributed by atoms with Gasteiger partial charge in [0.05, 0.1) is 0 Å². The minimum Gasteiger partial charge on any atom is -0.258 e. The van der Waals surface area contributed by atoms with Crippen LogP contribution in [-0.4, -0.2) is 30.8 Å². The van der Waals surface area contributed by atoms with Gasteiger partial charge in [-0.15, -0.1) is 10.2 Å². The number of aromatic amines is 1. The number of nitrogens with one attached hydrogen (secondary N) is 1. The van der Waals surface area contributed by atoms with Crippen LogP contribution >= 0.6 is 0 Å². The van der Waals surface area contributed by atoms with Crippen LogP contribution in [0.5, 0.6) is 0 Å². The van der Waals surface area contributed by atoms with Gasteiger partial charge in [-0.2, -0.15) is 5.10 Å². The Hall–Kier alpha value is -2.11. The molecule has 1 N–H and O–H groups in total. The molecule has 2 rings (SSSR count). The summed E-state index contributed by atoms with van der Waals surface area (Å²) >= 11 is 0. The molecule has 6 heteroatoms. The second-order valence-corrected chi connectivity index (χ2v) is 2.25. The van der Waals surface area contributed by atoms with E-state index in [-0.39, 0.29) is 0 Å². The maximum Gasteiger partial charge on any atom is 0.198 e. The van der Waals surface area contributed by atoms with Gasteiger partial charge in [0.15, 0.2) is 5.65 Å². The second kappa shape index (κ2) is 3.53. The molecule has 0 aliphatic carbocycles. The highest BCUT2D eigenvalue weighted by Crippen LogP contribution is 1.95. The molecule has 0 fully saturated rings. The quantitative estimate of drug-likeness (QED) is 0.619. The largest absolute Gasteiger partial charge is 0.258 e. The van der Waals surface area contributed by atoms with Crippen LogP contribution in [0.3, 0.4) is 0 Å². The average Bonchev–Trinajstić information content (AvgIpc) is 2.28. The number of hydrogen-bond acceptors (Lipinski definition) is 5. The molecular weight excluding hydrogens is 168 g/mol. The summed E-state index contributed by atoms with van der Waals surface area (Å²) in [5, 5.41) is 20.9. The molecule has 0 saturated carbocycles. The van der Waals surface area contributed by atoms with Crippen LogP contribution < -0.4 is 0 Å². The van der Waals surface area contributed by atoms with Gasteiger partial charge < -0.3 is 0 Å². The van der Waals surface area contributed by atoms with Crippen LogP contribution in [0, 0.1) is 0 Å². The van der Waals surface area contributed by atoms with Crippen LogP contribution in [0.25, 0.3) is 11.2 Å². The van der Waals surface area contributed by atoms with Crippen molar-refractivity contribution in [3.05, 3.63) is 30.5 Å². The molecule has 0 unspecified atom stereocenters. The molecule has 2 aromatic rings. The van der Waals surface area contributed by atoms with Crippen molar-refractivity contribution in [1.29, 1.82) is 0 Å². The van der Waals surface area contributed by atoms with E-state index in [2.05, 4.69) is 30.8 Å². The van der Waals surface area contributed by atoms with E-state index in [1.165, 1.54) is 0 Å². The predicted molar refractivity (Wildman–Crippen MR) is 44.9 cm³/mol. The molecule has 0 amide bonds.